The summed E-state index contributed by atoms with van der Waals surface area (Å²) in [5.74, 6) is 1.04. The Labute approximate surface area is 125 Å². The van der Waals surface area contributed by atoms with Crippen LogP contribution >= 0.6 is 0 Å². The van der Waals surface area contributed by atoms with Gasteiger partial charge in [-0.3, -0.25) is 10.1 Å². The second kappa shape index (κ2) is 8.41. The van der Waals surface area contributed by atoms with Crippen LogP contribution in [0.4, 0.5) is 17.3 Å². The number of nitrogens with one attached hydrogen (secondary N) is 1. The lowest BCUT2D eigenvalue weighted by atomic mass is 10.2. The van der Waals surface area contributed by atoms with Gasteiger partial charge < -0.3 is 15.0 Å². The van der Waals surface area contributed by atoms with E-state index >= 15 is 0 Å². The van der Waals surface area contributed by atoms with E-state index in [2.05, 4.69) is 17.2 Å². The van der Waals surface area contributed by atoms with E-state index in [0.29, 0.717) is 24.8 Å². The number of pyridine rings is 1. The van der Waals surface area contributed by atoms with Crippen molar-refractivity contribution in [3.8, 4) is 0 Å². The largest absolute Gasteiger partial charge is 0.383 e. The summed E-state index contributed by atoms with van der Waals surface area (Å²) < 4.78 is 5.08. The second-order valence-electron chi connectivity index (χ2n) is 5.00. The Kier molecular flexibility index (Phi) is 6.87. The van der Waals surface area contributed by atoms with Crippen molar-refractivity contribution in [2.45, 2.75) is 33.2 Å². The fraction of sp³-hybridized carbons (Fsp3) is 0.643. The molecule has 0 atom stereocenters. The summed E-state index contributed by atoms with van der Waals surface area (Å²) in [6.07, 6.45) is 0.964. The Morgan fingerprint density at radius 1 is 1.48 bits per heavy atom. The van der Waals surface area contributed by atoms with Crippen LogP contribution in [-0.4, -0.2) is 42.8 Å². The molecule has 0 spiro atoms. The van der Waals surface area contributed by atoms with Gasteiger partial charge in [-0.25, -0.2) is 4.98 Å². The number of hydrogen-bond donors (Lipinski definition) is 1. The molecule has 0 radical (unpaired) electrons. The summed E-state index contributed by atoms with van der Waals surface area (Å²) in [6.45, 7) is 7.84. The van der Waals surface area contributed by atoms with Gasteiger partial charge in [-0.2, -0.15) is 0 Å². The van der Waals surface area contributed by atoms with Gasteiger partial charge in [0, 0.05) is 32.3 Å². The molecule has 1 aromatic rings. The molecule has 21 heavy (non-hydrogen) atoms. The summed E-state index contributed by atoms with van der Waals surface area (Å²) in [5, 5.41) is 14.4. The molecule has 1 N–H and O–H groups in total. The first kappa shape index (κ1) is 17.2. The third-order valence-electron chi connectivity index (χ3n) is 3.04. The number of ether oxygens (including phenoxy) is 1. The van der Waals surface area contributed by atoms with Crippen LogP contribution in [0.1, 0.15) is 27.2 Å². The van der Waals surface area contributed by atoms with E-state index < -0.39 is 4.92 Å². The quantitative estimate of drug-likeness (QED) is 0.557. The van der Waals surface area contributed by atoms with Gasteiger partial charge in [-0.1, -0.05) is 6.92 Å². The number of anilines is 2. The van der Waals surface area contributed by atoms with Gasteiger partial charge in [0.2, 0.25) is 5.82 Å². The molecule has 1 heterocycles. The number of aromatic nitrogens is 1. The third-order valence-corrected chi connectivity index (χ3v) is 3.04. The van der Waals surface area contributed by atoms with Crippen molar-refractivity contribution in [1.29, 1.82) is 0 Å². The Bertz CT molecular complexity index is 466. The van der Waals surface area contributed by atoms with Gasteiger partial charge >= 0.3 is 5.69 Å². The molecule has 7 heteroatoms. The molecular formula is C14H24N4O3. The Morgan fingerprint density at radius 2 is 2.19 bits per heavy atom. The maximum atomic E-state index is 11.2. The van der Waals surface area contributed by atoms with Gasteiger partial charge in [-0.15, -0.1) is 0 Å². The molecule has 7 nitrogen and oxygen atoms in total. The fourth-order valence-electron chi connectivity index (χ4n) is 1.94. The molecule has 0 aromatic carbocycles. The molecule has 1 rings (SSSR count). The van der Waals surface area contributed by atoms with Crippen molar-refractivity contribution in [2.24, 2.45) is 0 Å². The van der Waals surface area contributed by atoms with Crippen LogP contribution < -0.4 is 10.2 Å². The first-order chi connectivity index (χ1) is 10.0. The normalized spacial score (nSPS) is 10.7. The van der Waals surface area contributed by atoms with Crippen molar-refractivity contribution in [3.63, 3.8) is 0 Å². The first-order valence-corrected chi connectivity index (χ1v) is 7.16. The topological polar surface area (TPSA) is 80.5 Å². The molecule has 0 aliphatic carbocycles. The first-order valence-electron chi connectivity index (χ1n) is 7.16. The van der Waals surface area contributed by atoms with Crippen LogP contribution in [0.5, 0.6) is 0 Å². The summed E-state index contributed by atoms with van der Waals surface area (Å²) >= 11 is 0. The highest BCUT2D eigenvalue weighted by molar-refractivity contribution is 5.62. The minimum atomic E-state index is -0.395. The molecule has 0 amide bonds. The van der Waals surface area contributed by atoms with Crippen LogP contribution in [-0.2, 0) is 4.74 Å². The molecule has 118 valence electrons. The zero-order valence-corrected chi connectivity index (χ0v) is 13.1. The van der Waals surface area contributed by atoms with Gasteiger partial charge in [0.25, 0.3) is 0 Å². The average Bonchev–Trinajstić information content (AvgIpc) is 2.45. The lowest BCUT2D eigenvalue weighted by Crippen LogP contribution is -2.35. The van der Waals surface area contributed by atoms with Gasteiger partial charge in [0.05, 0.1) is 11.5 Å². The molecule has 0 aliphatic heterocycles. The highest BCUT2D eigenvalue weighted by Crippen LogP contribution is 2.29. The Morgan fingerprint density at radius 3 is 2.71 bits per heavy atom. The molecule has 0 unspecified atom stereocenters. The molecule has 0 aliphatic rings. The van der Waals surface area contributed by atoms with E-state index in [0.717, 1.165) is 13.0 Å². The van der Waals surface area contributed by atoms with Crippen LogP contribution in [0.15, 0.2) is 12.1 Å². The molecule has 0 saturated carbocycles. The van der Waals surface area contributed by atoms with Crippen molar-refractivity contribution < 1.29 is 9.66 Å². The van der Waals surface area contributed by atoms with E-state index in [9.17, 15) is 10.1 Å². The highest BCUT2D eigenvalue weighted by atomic mass is 16.6. The van der Waals surface area contributed by atoms with Crippen molar-refractivity contribution in [1.82, 2.24) is 4.98 Å². The fourth-order valence-corrected chi connectivity index (χ4v) is 1.94. The minimum Gasteiger partial charge on any atom is -0.383 e. The molecular weight excluding hydrogens is 272 g/mol. The SMILES string of the molecule is CCCNc1ccc([N+](=O)[O-])c(N(CCOC)C(C)C)n1. The lowest BCUT2D eigenvalue weighted by Gasteiger charge is -2.27. The average molecular weight is 296 g/mol. The third kappa shape index (κ3) is 4.86. The summed E-state index contributed by atoms with van der Waals surface area (Å²) in [6, 6.07) is 3.24. The van der Waals surface area contributed by atoms with E-state index in [-0.39, 0.29) is 11.7 Å². The minimum absolute atomic E-state index is 0.0156. The predicted octanol–water partition coefficient (Wildman–Crippen LogP) is 2.67. The van der Waals surface area contributed by atoms with Gasteiger partial charge in [0.15, 0.2) is 0 Å². The van der Waals surface area contributed by atoms with Crippen molar-refractivity contribution in [2.75, 3.05) is 37.0 Å². The smallest absolute Gasteiger partial charge is 0.311 e. The number of hydrogen-bond acceptors (Lipinski definition) is 6. The number of nitrogens with zero attached hydrogens (tertiary/aromatic N) is 3. The molecule has 0 fully saturated rings. The monoisotopic (exact) mass is 296 g/mol. The Hall–Kier alpha value is -1.89. The van der Waals surface area contributed by atoms with Gasteiger partial charge in [-0.05, 0) is 26.3 Å². The van der Waals surface area contributed by atoms with Crippen LogP contribution in [0.3, 0.4) is 0 Å². The summed E-state index contributed by atoms with van der Waals surface area (Å²) in [5.41, 5.74) is 0.0156. The van der Waals surface area contributed by atoms with E-state index in [4.69, 9.17) is 4.74 Å². The van der Waals surface area contributed by atoms with Gasteiger partial charge in [0.1, 0.15) is 5.82 Å². The predicted molar refractivity (Wildman–Crippen MR) is 84.0 cm³/mol. The summed E-state index contributed by atoms with van der Waals surface area (Å²) in [4.78, 5) is 17.2. The van der Waals surface area contributed by atoms with Crippen LogP contribution in [0.2, 0.25) is 0 Å². The zero-order valence-electron chi connectivity index (χ0n) is 13.1. The maximum absolute atomic E-state index is 11.2. The Balaban J connectivity index is 3.15. The number of nitro groups is 1. The lowest BCUT2D eigenvalue weighted by molar-refractivity contribution is -0.384. The van der Waals surface area contributed by atoms with Crippen molar-refractivity contribution in [3.05, 3.63) is 22.2 Å². The van der Waals surface area contributed by atoms with Crippen molar-refractivity contribution >= 4 is 17.3 Å². The zero-order chi connectivity index (χ0) is 15.8. The standard InChI is InChI=1S/C14H24N4O3/c1-5-8-15-13-7-6-12(18(19)20)14(16-13)17(11(2)3)9-10-21-4/h6-7,11H,5,8-10H2,1-4H3,(H,15,16). The number of rotatable bonds is 9. The second-order valence-corrected chi connectivity index (χ2v) is 5.00. The van der Waals surface area contributed by atoms with E-state index in [1.165, 1.54) is 6.07 Å². The van der Waals surface area contributed by atoms with Crippen LogP contribution in [0, 0.1) is 10.1 Å². The van der Waals surface area contributed by atoms with E-state index in [1.54, 1.807) is 13.2 Å². The molecule has 0 bridgehead atoms. The highest BCUT2D eigenvalue weighted by Gasteiger charge is 2.23. The summed E-state index contributed by atoms with van der Waals surface area (Å²) in [7, 11) is 1.61. The van der Waals surface area contributed by atoms with E-state index in [1.807, 2.05) is 18.7 Å². The molecule has 1 aromatic heterocycles. The molecule has 0 saturated heterocycles. The maximum Gasteiger partial charge on any atom is 0.311 e. The van der Waals surface area contributed by atoms with Crippen LogP contribution in [0.25, 0.3) is 0 Å². The number of methoxy groups -OCH3 is 1.